The second-order valence-corrected chi connectivity index (χ2v) is 3.99. The van der Waals surface area contributed by atoms with Crippen molar-refractivity contribution in [3.05, 3.63) is 30.3 Å². The molecule has 15 heavy (non-hydrogen) atoms. The second kappa shape index (κ2) is 3.55. The van der Waals surface area contributed by atoms with Crippen molar-refractivity contribution in [1.29, 1.82) is 0 Å². The summed E-state index contributed by atoms with van der Waals surface area (Å²) < 4.78 is 0. The minimum absolute atomic E-state index is 0.0372. The highest BCUT2D eigenvalue weighted by molar-refractivity contribution is 5.83. The van der Waals surface area contributed by atoms with E-state index in [2.05, 4.69) is 5.32 Å². The molecule has 0 spiro atoms. The van der Waals surface area contributed by atoms with Crippen LogP contribution >= 0.6 is 0 Å². The average Bonchev–Trinajstić information content (AvgIpc) is 2.90. The van der Waals surface area contributed by atoms with Crippen molar-refractivity contribution in [3.8, 4) is 0 Å². The van der Waals surface area contributed by atoms with Crippen LogP contribution in [0.3, 0.4) is 0 Å². The fourth-order valence-corrected chi connectivity index (χ4v) is 1.66. The molecule has 0 amide bonds. The summed E-state index contributed by atoms with van der Waals surface area (Å²) in [4.78, 5) is 10.8. The number of benzene rings is 1. The molecule has 0 aliphatic heterocycles. The lowest BCUT2D eigenvalue weighted by Gasteiger charge is -2.07. The van der Waals surface area contributed by atoms with Crippen molar-refractivity contribution in [2.75, 3.05) is 11.9 Å². The Bertz CT molecular complexity index is 366. The molecule has 1 fully saturated rings. The van der Waals surface area contributed by atoms with Crippen LogP contribution in [0.5, 0.6) is 0 Å². The highest BCUT2D eigenvalue weighted by Gasteiger charge is 2.57. The Morgan fingerprint density at radius 3 is 2.73 bits per heavy atom. The maximum Gasteiger partial charge on any atom is 0.324 e. The summed E-state index contributed by atoms with van der Waals surface area (Å²) in [6, 6.07) is 9.69. The monoisotopic (exact) mass is 206 g/mol. The maximum atomic E-state index is 10.8. The Morgan fingerprint density at radius 1 is 1.53 bits per heavy atom. The molecule has 2 rings (SSSR count). The predicted octanol–water partition coefficient (Wildman–Crippen LogP) is 0.900. The third-order valence-corrected chi connectivity index (χ3v) is 2.88. The molecular weight excluding hydrogens is 192 g/mol. The number of para-hydroxylation sites is 1. The molecule has 2 atom stereocenters. The van der Waals surface area contributed by atoms with Gasteiger partial charge >= 0.3 is 5.97 Å². The SMILES string of the molecule is NC1(C(=O)O)CC1CNc1ccccc1. The number of carboxylic acids is 1. The maximum absolute atomic E-state index is 10.8. The second-order valence-electron chi connectivity index (χ2n) is 3.99. The fraction of sp³-hybridized carbons (Fsp3) is 0.364. The van der Waals surface area contributed by atoms with Crippen molar-refractivity contribution < 1.29 is 9.90 Å². The van der Waals surface area contributed by atoms with E-state index in [1.54, 1.807) is 0 Å². The smallest absolute Gasteiger partial charge is 0.324 e. The summed E-state index contributed by atoms with van der Waals surface area (Å²) in [5.41, 5.74) is 5.66. The van der Waals surface area contributed by atoms with Crippen LogP contribution in [0.2, 0.25) is 0 Å². The van der Waals surface area contributed by atoms with Crippen LogP contribution < -0.4 is 11.1 Å². The molecule has 0 bridgehead atoms. The van der Waals surface area contributed by atoms with Crippen LogP contribution in [0, 0.1) is 5.92 Å². The largest absolute Gasteiger partial charge is 0.480 e. The lowest BCUT2D eigenvalue weighted by Crippen LogP contribution is -2.36. The van der Waals surface area contributed by atoms with Gasteiger partial charge in [-0.15, -0.1) is 0 Å². The lowest BCUT2D eigenvalue weighted by atomic mass is 10.2. The van der Waals surface area contributed by atoms with Gasteiger partial charge in [0, 0.05) is 18.2 Å². The van der Waals surface area contributed by atoms with Gasteiger partial charge in [-0.25, -0.2) is 0 Å². The number of aliphatic carboxylic acids is 1. The lowest BCUT2D eigenvalue weighted by molar-refractivity contribution is -0.140. The third kappa shape index (κ3) is 1.94. The van der Waals surface area contributed by atoms with Gasteiger partial charge in [-0.3, -0.25) is 4.79 Å². The van der Waals surface area contributed by atoms with Gasteiger partial charge < -0.3 is 16.2 Å². The summed E-state index contributed by atoms with van der Waals surface area (Å²) in [5, 5.41) is 12.0. The van der Waals surface area contributed by atoms with E-state index in [1.165, 1.54) is 0 Å². The molecule has 1 aliphatic rings. The van der Waals surface area contributed by atoms with E-state index in [4.69, 9.17) is 10.8 Å². The van der Waals surface area contributed by atoms with Gasteiger partial charge in [-0.1, -0.05) is 18.2 Å². The summed E-state index contributed by atoms with van der Waals surface area (Å²) in [5.74, 6) is -0.863. The van der Waals surface area contributed by atoms with Gasteiger partial charge in [0.05, 0.1) is 0 Å². The third-order valence-electron chi connectivity index (χ3n) is 2.88. The van der Waals surface area contributed by atoms with E-state index < -0.39 is 11.5 Å². The number of carbonyl (C=O) groups is 1. The molecule has 4 nitrogen and oxygen atoms in total. The molecule has 1 aromatic carbocycles. The number of nitrogens with two attached hydrogens (primary N) is 1. The average molecular weight is 206 g/mol. The van der Waals surface area contributed by atoms with Gasteiger partial charge in [0.2, 0.25) is 0 Å². The number of hydrogen-bond donors (Lipinski definition) is 3. The van der Waals surface area contributed by atoms with Gasteiger partial charge in [-0.2, -0.15) is 0 Å². The molecule has 0 radical (unpaired) electrons. The molecule has 0 aromatic heterocycles. The van der Waals surface area contributed by atoms with E-state index in [9.17, 15) is 4.79 Å². The Balaban J connectivity index is 1.85. The van der Waals surface area contributed by atoms with Crippen molar-refractivity contribution in [2.24, 2.45) is 11.7 Å². The first-order chi connectivity index (χ1) is 7.13. The van der Waals surface area contributed by atoms with Crippen LogP contribution in [0.15, 0.2) is 30.3 Å². The zero-order valence-electron chi connectivity index (χ0n) is 8.31. The summed E-state index contributed by atoms with van der Waals surface area (Å²) >= 11 is 0. The molecule has 1 saturated carbocycles. The fourth-order valence-electron chi connectivity index (χ4n) is 1.66. The minimum Gasteiger partial charge on any atom is -0.480 e. The Kier molecular flexibility index (Phi) is 2.36. The summed E-state index contributed by atoms with van der Waals surface area (Å²) in [6.07, 6.45) is 0.558. The van der Waals surface area contributed by atoms with Gasteiger partial charge in [0.15, 0.2) is 0 Å². The molecule has 0 heterocycles. The number of anilines is 1. The van der Waals surface area contributed by atoms with Crippen molar-refractivity contribution in [1.82, 2.24) is 0 Å². The molecule has 4 heteroatoms. The van der Waals surface area contributed by atoms with Crippen LogP contribution in [-0.4, -0.2) is 23.2 Å². The highest BCUT2D eigenvalue weighted by atomic mass is 16.4. The molecule has 1 aromatic rings. The zero-order valence-corrected chi connectivity index (χ0v) is 8.31. The van der Waals surface area contributed by atoms with E-state index in [0.717, 1.165) is 5.69 Å². The molecule has 80 valence electrons. The van der Waals surface area contributed by atoms with Crippen molar-refractivity contribution in [3.63, 3.8) is 0 Å². The van der Waals surface area contributed by atoms with Crippen LogP contribution in [0.1, 0.15) is 6.42 Å². The predicted molar refractivity (Wildman–Crippen MR) is 57.6 cm³/mol. The van der Waals surface area contributed by atoms with E-state index >= 15 is 0 Å². The van der Waals surface area contributed by atoms with Crippen LogP contribution in [0.25, 0.3) is 0 Å². The first-order valence-electron chi connectivity index (χ1n) is 4.94. The Morgan fingerprint density at radius 2 is 2.20 bits per heavy atom. The topological polar surface area (TPSA) is 75.4 Å². The van der Waals surface area contributed by atoms with Gasteiger partial charge in [0.1, 0.15) is 5.54 Å². The van der Waals surface area contributed by atoms with Crippen molar-refractivity contribution >= 4 is 11.7 Å². The Labute approximate surface area is 88.1 Å². The minimum atomic E-state index is -0.998. The number of nitrogens with one attached hydrogen (secondary N) is 1. The summed E-state index contributed by atoms with van der Waals surface area (Å²) in [7, 11) is 0. The van der Waals surface area contributed by atoms with Gasteiger partial charge in [-0.05, 0) is 18.6 Å². The first-order valence-corrected chi connectivity index (χ1v) is 4.94. The van der Waals surface area contributed by atoms with E-state index in [0.29, 0.717) is 13.0 Å². The van der Waals surface area contributed by atoms with Crippen molar-refractivity contribution in [2.45, 2.75) is 12.0 Å². The van der Waals surface area contributed by atoms with Gasteiger partial charge in [0.25, 0.3) is 0 Å². The Hall–Kier alpha value is -1.55. The van der Waals surface area contributed by atoms with E-state index in [-0.39, 0.29) is 5.92 Å². The molecule has 1 aliphatic carbocycles. The zero-order chi connectivity index (χ0) is 10.9. The highest BCUT2D eigenvalue weighted by Crippen LogP contribution is 2.41. The van der Waals surface area contributed by atoms with Crippen LogP contribution in [-0.2, 0) is 4.79 Å². The summed E-state index contributed by atoms with van der Waals surface area (Å²) in [6.45, 7) is 0.618. The molecular formula is C11H14N2O2. The quantitative estimate of drug-likeness (QED) is 0.684. The normalized spacial score (nSPS) is 28.5. The number of rotatable bonds is 4. The van der Waals surface area contributed by atoms with Crippen LogP contribution in [0.4, 0.5) is 5.69 Å². The van der Waals surface area contributed by atoms with E-state index in [1.807, 2.05) is 30.3 Å². The standard InChI is InChI=1S/C11H14N2O2/c12-11(10(14)15)6-8(11)7-13-9-4-2-1-3-5-9/h1-5,8,13H,6-7,12H2,(H,14,15). The first kappa shape index (κ1) is 9.98. The molecule has 2 unspecified atom stereocenters. The number of hydrogen-bond acceptors (Lipinski definition) is 3. The molecule has 4 N–H and O–H groups in total. The molecule has 0 saturated heterocycles. The number of carboxylic acid groups (broad SMARTS) is 1.